The van der Waals surface area contributed by atoms with Crippen molar-refractivity contribution in [3.05, 3.63) is 29.8 Å². The Hall–Kier alpha value is -1.34. The van der Waals surface area contributed by atoms with Crippen molar-refractivity contribution in [1.82, 2.24) is 9.80 Å². The number of benzene rings is 1. The number of hydrogen-bond donors (Lipinski definition) is 2. The van der Waals surface area contributed by atoms with Crippen LogP contribution in [0.15, 0.2) is 24.3 Å². The third-order valence-corrected chi connectivity index (χ3v) is 3.82. The molecule has 2 rings (SSSR count). The van der Waals surface area contributed by atoms with E-state index in [0.29, 0.717) is 12.1 Å². The van der Waals surface area contributed by atoms with Crippen LogP contribution in [0.3, 0.4) is 0 Å². The largest absolute Gasteiger partial charge is 0.340 e. The van der Waals surface area contributed by atoms with Crippen molar-refractivity contribution in [2.24, 2.45) is 5.73 Å². The average Bonchev–Trinajstić information content (AvgIpc) is 2.48. The van der Waals surface area contributed by atoms with Crippen LogP contribution in [0, 0.1) is 0 Å². The first-order valence-electron chi connectivity index (χ1n) is 7.57. The molecule has 0 spiro atoms. The molecule has 1 atom stereocenters. The van der Waals surface area contributed by atoms with E-state index < -0.39 is 6.04 Å². The maximum absolute atomic E-state index is 12.3. The van der Waals surface area contributed by atoms with Gasteiger partial charge in [0.2, 0.25) is 11.8 Å². The first-order chi connectivity index (χ1) is 10.5. The lowest BCUT2D eigenvalue weighted by Gasteiger charge is -2.32. The number of amides is 2. The van der Waals surface area contributed by atoms with E-state index in [9.17, 15) is 9.59 Å². The van der Waals surface area contributed by atoms with Crippen LogP contribution in [-0.2, 0) is 16.0 Å². The van der Waals surface area contributed by atoms with Gasteiger partial charge in [-0.15, -0.1) is 24.8 Å². The Morgan fingerprint density at radius 2 is 1.83 bits per heavy atom. The van der Waals surface area contributed by atoms with E-state index >= 15 is 0 Å². The SMILES string of the molecule is C[C@@H](N)C(=O)Nc1cccc(CC(=O)N2CCN(C)CC2)c1.Cl.Cl. The molecule has 1 aliphatic rings. The molecule has 1 saturated heterocycles. The van der Waals surface area contributed by atoms with Gasteiger partial charge in [-0.25, -0.2) is 0 Å². The lowest BCUT2D eigenvalue weighted by Crippen LogP contribution is -2.47. The van der Waals surface area contributed by atoms with Crippen molar-refractivity contribution in [2.75, 3.05) is 38.5 Å². The predicted octanol–water partition coefficient (Wildman–Crippen LogP) is 1.13. The van der Waals surface area contributed by atoms with Crippen LogP contribution in [0.4, 0.5) is 5.69 Å². The van der Waals surface area contributed by atoms with E-state index in [0.717, 1.165) is 31.7 Å². The van der Waals surface area contributed by atoms with Gasteiger partial charge in [0.05, 0.1) is 12.5 Å². The van der Waals surface area contributed by atoms with Crippen LogP contribution in [-0.4, -0.2) is 60.9 Å². The number of anilines is 1. The summed E-state index contributed by atoms with van der Waals surface area (Å²) >= 11 is 0. The Morgan fingerprint density at radius 1 is 1.21 bits per heavy atom. The summed E-state index contributed by atoms with van der Waals surface area (Å²) < 4.78 is 0. The number of carbonyl (C=O) groups is 2. The minimum absolute atomic E-state index is 0. The van der Waals surface area contributed by atoms with Gasteiger partial charge in [0.15, 0.2) is 0 Å². The Bertz CT molecular complexity index is 547. The molecule has 0 unspecified atom stereocenters. The molecule has 2 amide bonds. The topological polar surface area (TPSA) is 78.7 Å². The fraction of sp³-hybridized carbons (Fsp3) is 0.500. The lowest BCUT2D eigenvalue weighted by molar-refractivity contribution is -0.132. The van der Waals surface area contributed by atoms with Crippen LogP contribution >= 0.6 is 24.8 Å². The molecule has 3 N–H and O–H groups in total. The minimum Gasteiger partial charge on any atom is -0.340 e. The highest BCUT2D eigenvalue weighted by molar-refractivity contribution is 5.94. The second kappa shape index (κ2) is 10.5. The molecule has 136 valence electrons. The number of nitrogens with zero attached hydrogens (tertiary/aromatic N) is 2. The minimum atomic E-state index is -0.560. The summed E-state index contributed by atoms with van der Waals surface area (Å²) in [6, 6.07) is 6.80. The van der Waals surface area contributed by atoms with E-state index in [2.05, 4.69) is 17.3 Å². The number of piperazine rings is 1. The summed E-state index contributed by atoms with van der Waals surface area (Å²) in [6.07, 6.45) is 0.353. The molecule has 0 bridgehead atoms. The van der Waals surface area contributed by atoms with Gasteiger partial charge >= 0.3 is 0 Å². The van der Waals surface area contributed by atoms with Gasteiger partial charge in [-0.3, -0.25) is 9.59 Å². The molecule has 1 aromatic carbocycles. The normalized spacial score (nSPS) is 15.7. The van der Waals surface area contributed by atoms with Crippen molar-refractivity contribution < 1.29 is 9.59 Å². The highest BCUT2D eigenvalue weighted by atomic mass is 35.5. The molecular formula is C16H26Cl2N4O2. The molecule has 1 aliphatic heterocycles. The first-order valence-corrected chi connectivity index (χ1v) is 7.57. The van der Waals surface area contributed by atoms with Crippen LogP contribution in [0.2, 0.25) is 0 Å². The van der Waals surface area contributed by atoms with Crippen molar-refractivity contribution in [3.63, 3.8) is 0 Å². The van der Waals surface area contributed by atoms with Crippen molar-refractivity contribution in [1.29, 1.82) is 0 Å². The monoisotopic (exact) mass is 376 g/mol. The van der Waals surface area contributed by atoms with Crippen LogP contribution in [0.1, 0.15) is 12.5 Å². The smallest absolute Gasteiger partial charge is 0.240 e. The average molecular weight is 377 g/mol. The number of likely N-dealkylation sites (N-methyl/N-ethyl adjacent to an activating group) is 1. The molecular weight excluding hydrogens is 351 g/mol. The fourth-order valence-corrected chi connectivity index (χ4v) is 2.36. The highest BCUT2D eigenvalue weighted by Gasteiger charge is 2.19. The summed E-state index contributed by atoms with van der Waals surface area (Å²) in [5.41, 5.74) is 7.10. The third kappa shape index (κ3) is 6.65. The van der Waals surface area contributed by atoms with Gasteiger partial charge in [-0.2, -0.15) is 0 Å². The van der Waals surface area contributed by atoms with E-state index in [1.807, 2.05) is 23.1 Å². The second-order valence-corrected chi connectivity index (χ2v) is 5.84. The highest BCUT2D eigenvalue weighted by Crippen LogP contribution is 2.13. The molecule has 0 aromatic heterocycles. The molecule has 0 radical (unpaired) electrons. The van der Waals surface area contributed by atoms with Crippen LogP contribution in [0.5, 0.6) is 0 Å². The van der Waals surface area contributed by atoms with Crippen molar-refractivity contribution >= 4 is 42.3 Å². The number of rotatable bonds is 4. The van der Waals surface area contributed by atoms with E-state index in [-0.39, 0.29) is 36.6 Å². The molecule has 1 aromatic rings. The van der Waals surface area contributed by atoms with E-state index in [1.54, 1.807) is 13.0 Å². The number of carbonyl (C=O) groups excluding carboxylic acids is 2. The summed E-state index contributed by atoms with van der Waals surface area (Å²) in [6.45, 7) is 5.01. The van der Waals surface area contributed by atoms with Gasteiger partial charge in [-0.1, -0.05) is 12.1 Å². The van der Waals surface area contributed by atoms with Gasteiger partial charge in [0, 0.05) is 31.9 Å². The number of nitrogens with two attached hydrogens (primary N) is 1. The molecule has 24 heavy (non-hydrogen) atoms. The zero-order valence-corrected chi connectivity index (χ0v) is 15.7. The first kappa shape index (κ1) is 22.7. The van der Waals surface area contributed by atoms with Crippen LogP contribution in [0.25, 0.3) is 0 Å². The third-order valence-electron chi connectivity index (χ3n) is 3.82. The fourth-order valence-electron chi connectivity index (χ4n) is 2.36. The Kier molecular flexibility index (Phi) is 9.92. The molecule has 8 heteroatoms. The summed E-state index contributed by atoms with van der Waals surface area (Å²) in [4.78, 5) is 28.0. The second-order valence-electron chi connectivity index (χ2n) is 5.84. The number of halogens is 2. The molecule has 0 aliphatic carbocycles. The summed E-state index contributed by atoms with van der Waals surface area (Å²) in [5, 5.41) is 2.74. The molecule has 1 fully saturated rings. The van der Waals surface area contributed by atoms with Gasteiger partial charge in [0.1, 0.15) is 0 Å². The van der Waals surface area contributed by atoms with E-state index in [4.69, 9.17) is 5.73 Å². The van der Waals surface area contributed by atoms with Crippen molar-refractivity contribution in [2.45, 2.75) is 19.4 Å². The van der Waals surface area contributed by atoms with Crippen LogP contribution < -0.4 is 11.1 Å². The van der Waals surface area contributed by atoms with Gasteiger partial charge < -0.3 is 20.9 Å². The Morgan fingerprint density at radius 3 is 2.42 bits per heavy atom. The predicted molar refractivity (Wildman–Crippen MR) is 101 cm³/mol. The lowest BCUT2D eigenvalue weighted by atomic mass is 10.1. The Labute approximate surface area is 155 Å². The van der Waals surface area contributed by atoms with E-state index in [1.165, 1.54) is 0 Å². The van der Waals surface area contributed by atoms with Gasteiger partial charge in [-0.05, 0) is 31.7 Å². The summed E-state index contributed by atoms with van der Waals surface area (Å²) in [5.74, 6) is -0.105. The Balaban J connectivity index is 0.00000264. The molecule has 0 saturated carbocycles. The summed E-state index contributed by atoms with van der Waals surface area (Å²) in [7, 11) is 2.06. The van der Waals surface area contributed by atoms with Crippen molar-refractivity contribution in [3.8, 4) is 0 Å². The molecule has 1 heterocycles. The quantitative estimate of drug-likeness (QED) is 0.825. The number of nitrogens with one attached hydrogen (secondary N) is 1. The maximum Gasteiger partial charge on any atom is 0.240 e. The maximum atomic E-state index is 12.3. The number of hydrogen-bond acceptors (Lipinski definition) is 4. The molecule has 6 nitrogen and oxygen atoms in total. The standard InChI is InChI=1S/C16H24N4O2.2ClH/c1-12(17)16(22)18-14-5-3-4-13(10-14)11-15(21)20-8-6-19(2)7-9-20;;/h3-5,10,12H,6-9,11,17H2,1-2H3,(H,18,22);2*1H/t12-;;/m1../s1. The zero-order chi connectivity index (χ0) is 16.1. The van der Waals surface area contributed by atoms with Gasteiger partial charge in [0.25, 0.3) is 0 Å². The zero-order valence-electron chi connectivity index (χ0n) is 14.0.